The largest absolute Gasteiger partial charge is 0.490 e. The Hall–Kier alpha value is -0.870. The highest BCUT2D eigenvalue weighted by molar-refractivity contribution is 9.10. The van der Waals surface area contributed by atoms with Gasteiger partial charge in [0.05, 0.1) is 17.3 Å². The van der Waals surface area contributed by atoms with Gasteiger partial charge in [-0.25, -0.2) is 0 Å². The summed E-state index contributed by atoms with van der Waals surface area (Å²) in [5, 5.41) is 0. The van der Waals surface area contributed by atoms with Crippen LogP contribution in [0.5, 0.6) is 5.75 Å². The zero-order valence-corrected chi connectivity index (χ0v) is 13.9. The molecule has 1 spiro atoms. The van der Waals surface area contributed by atoms with E-state index in [1.807, 2.05) is 12.1 Å². The fourth-order valence-corrected chi connectivity index (χ4v) is 3.83. The van der Waals surface area contributed by atoms with E-state index < -0.39 is 0 Å². The molecule has 3 nitrogen and oxygen atoms in total. The minimum Gasteiger partial charge on any atom is -0.490 e. The van der Waals surface area contributed by atoms with Crippen molar-refractivity contribution in [3.63, 3.8) is 0 Å². The van der Waals surface area contributed by atoms with E-state index in [2.05, 4.69) is 15.9 Å². The number of Topliss-reactive ketones (excluding diaryl/α,β-unsaturated/α-hetero) is 1. The Balaban J connectivity index is 1.63. The van der Waals surface area contributed by atoms with Crippen LogP contribution in [-0.2, 0) is 4.74 Å². The third-order valence-corrected chi connectivity index (χ3v) is 5.09. The van der Waals surface area contributed by atoms with Crippen molar-refractivity contribution in [2.24, 2.45) is 0 Å². The molecule has 0 bridgehead atoms. The molecule has 1 aliphatic carbocycles. The second-order valence-corrected chi connectivity index (χ2v) is 7.09. The van der Waals surface area contributed by atoms with Gasteiger partial charge in [-0.05, 0) is 50.8 Å². The lowest BCUT2D eigenvalue weighted by Crippen LogP contribution is -2.27. The van der Waals surface area contributed by atoms with Crippen LogP contribution in [0, 0.1) is 0 Å². The monoisotopic (exact) mass is 352 g/mol. The molecule has 0 aromatic heterocycles. The third kappa shape index (κ3) is 3.32. The summed E-state index contributed by atoms with van der Waals surface area (Å²) in [7, 11) is 0. The van der Waals surface area contributed by atoms with Crippen LogP contribution in [0.25, 0.3) is 0 Å². The fraction of sp³-hybridized carbons (Fsp3) is 0.588. The molecule has 1 heterocycles. The van der Waals surface area contributed by atoms with Crippen LogP contribution in [0.4, 0.5) is 0 Å². The molecule has 1 aromatic carbocycles. The number of carbonyl (C=O) groups is 1. The molecule has 0 radical (unpaired) electrons. The van der Waals surface area contributed by atoms with Gasteiger partial charge >= 0.3 is 0 Å². The van der Waals surface area contributed by atoms with Crippen molar-refractivity contribution >= 4 is 21.7 Å². The van der Waals surface area contributed by atoms with Crippen molar-refractivity contribution < 1.29 is 14.3 Å². The first kappa shape index (κ1) is 15.0. The highest BCUT2D eigenvalue weighted by atomic mass is 79.9. The number of hydrogen-bond donors (Lipinski definition) is 0. The lowest BCUT2D eigenvalue weighted by molar-refractivity contribution is -0.0509. The predicted octanol–water partition coefficient (Wildman–Crippen LogP) is 4.52. The Morgan fingerprint density at radius 3 is 2.86 bits per heavy atom. The molecule has 1 aromatic rings. The molecule has 0 N–H and O–H groups in total. The van der Waals surface area contributed by atoms with Crippen LogP contribution < -0.4 is 4.74 Å². The van der Waals surface area contributed by atoms with Gasteiger partial charge in [-0.2, -0.15) is 0 Å². The third-order valence-electron chi connectivity index (χ3n) is 4.60. The quantitative estimate of drug-likeness (QED) is 0.747. The number of hydrogen-bond acceptors (Lipinski definition) is 3. The van der Waals surface area contributed by atoms with Crippen LogP contribution in [0.3, 0.4) is 0 Å². The Morgan fingerprint density at radius 2 is 2.14 bits per heavy atom. The minimum atomic E-state index is 0.0251. The van der Waals surface area contributed by atoms with E-state index >= 15 is 0 Å². The summed E-state index contributed by atoms with van der Waals surface area (Å²) in [5.41, 5.74) is 0.765. The lowest BCUT2D eigenvalue weighted by atomic mass is 9.98. The molecule has 2 fully saturated rings. The van der Waals surface area contributed by atoms with Gasteiger partial charge in [-0.15, -0.1) is 0 Å². The Morgan fingerprint density at radius 1 is 1.38 bits per heavy atom. The second kappa shape index (κ2) is 6.09. The van der Waals surface area contributed by atoms with Crippen molar-refractivity contribution in [3.8, 4) is 5.75 Å². The highest BCUT2D eigenvalue weighted by Gasteiger charge is 2.42. The molecule has 1 aliphatic heterocycles. The zero-order chi connectivity index (χ0) is 14.9. The summed E-state index contributed by atoms with van der Waals surface area (Å²) in [5.74, 6) is 0.671. The Labute approximate surface area is 134 Å². The summed E-state index contributed by atoms with van der Waals surface area (Å²) >= 11 is 3.43. The maximum atomic E-state index is 11.7. The van der Waals surface area contributed by atoms with Crippen LogP contribution in [0.1, 0.15) is 55.8 Å². The van der Waals surface area contributed by atoms with Gasteiger partial charge in [0.2, 0.25) is 0 Å². The van der Waals surface area contributed by atoms with Gasteiger partial charge in [0.1, 0.15) is 12.4 Å². The van der Waals surface area contributed by atoms with Crippen molar-refractivity contribution in [1.29, 1.82) is 0 Å². The lowest BCUT2D eigenvalue weighted by Gasteiger charge is -2.24. The van der Waals surface area contributed by atoms with E-state index in [-0.39, 0.29) is 17.5 Å². The minimum absolute atomic E-state index is 0.0251. The first-order valence-electron chi connectivity index (χ1n) is 7.69. The normalized spacial score (nSPS) is 23.6. The number of carbonyl (C=O) groups excluding carboxylic acids is 1. The SMILES string of the molecule is CC(=O)c1ccc(Br)cc1OCC1CCC2(CCCC2)O1. The molecule has 2 aliphatic rings. The maximum Gasteiger partial charge on any atom is 0.163 e. The van der Waals surface area contributed by atoms with Gasteiger partial charge in [0.25, 0.3) is 0 Å². The summed E-state index contributed by atoms with van der Waals surface area (Å²) < 4.78 is 13.0. The standard InChI is InChI=1S/C17H21BrO3/c1-12(19)15-5-4-13(18)10-16(15)20-11-14-6-9-17(21-14)7-2-3-8-17/h4-5,10,14H,2-3,6-9,11H2,1H3. The highest BCUT2D eigenvalue weighted by Crippen LogP contribution is 2.43. The molecule has 4 heteroatoms. The number of benzene rings is 1. The van der Waals surface area contributed by atoms with Crippen LogP contribution in [-0.4, -0.2) is 24.1 Å². The van der Waals surface area contributed by atoms with Crippen LogP contribution >= 0.6 is 15.9 Å². The molecule has 1 unspecified atom stereocenters. The van der Waals surface area contributed by atoms with Crippen molar-refractivity contribution in [1.82, 2.24) is 0 Å². The van der Waals surface area contributed by atoms with E-state index in [1.54, 1.807) is 13.0 Å². The number of rotatable bonds is 4. The Kier molecular flexibility index (Phi) is 4.36. The van der Waals surface area contributed by atoms with Crippen molar-refractivity contribution in [3.05, 3.63) is 28.2 Å². The maximum absolute atomic E-state index is 11.7. The number of ketones is 1. The van der Waals surface area contributed by atoms with E-state index in [1.165, 1.54) is 25.7 Å². The fourth-order valence-electron chi connectivity index (χ4n) is 3.49. The number of ether oxygens (including phenoxy) is 2. The van der Waals surface area contributed by atoms with E-state index in [0.29, 0.717) is 17.9 Å². The number of halogens is 1. The molecule has 1 saturated carbocycles. The molecule has 0 amide bonds. The first-order chi connectivity index (χ1) is 10.1. The van der Waals surface area contributed by atoms with E-state index in [9.17, 15) is 4.79 Å². The van der Waals surface area contributed by atoms with Gasteiger partial charge in [0.15, 0.2) is 5.78 Å². The molecule has 21 heavy (non-hydrogen) atoms. The summed E-state index contributed by atoms with van der Waals surface area (Å²) in [6, 6.07) is 5.52. The average Bonchev–Trinajstić information content (AvgIpc) is 3.07. The van der Waals surface area contributed by atoms with Gasteiger partial charge < -0.3 is 9.47 Å². The zero-order valence-electron chi connectivity index (χ0n) is 12.4. The average molecular weight is 353 g/mol. The van der Waals surface area contributed by atoms with Crippen molar-refractivity contribution in [2.45, 2.75) is 57.2 Å². The van der Waals surface area contributed by atoms with Crippen LogP contribution in [0.15, 0.2) is 22.7 Å². The summed E-state index contributed by atoms with van der Waals surface area (Å²) in [4.78, 5) is 11.7. The van der Waals surface area contributed by atoms with Gasteiger partial charge in [-0.3, -0.25) is 4.79 Å². The molecular formula is C17H21BrO3. The molecule has 1 atom stereocenters. The molecule has 1 saturated heterocycles. The first-order valence-corrected chi connectivity index (χ1v) is 8.48. The topological polar surface area (TPSA) is 35.5 Å². The Bertz CT molecular complexity index is 535. The molecule has 114 valence electrons. The molecular weight excluding hydrogens is 332 g/mol. The van der Waals surface area contributed by atoms with Gasteiger partial charge in [0, 0.05) is 4.47 Å². The predicted molar refractivity (Wildman–Crippen MR) is 84.9 cm³/mol. The van der Waals surface area contributed by atoms with E-state index in [0.717, 1.165) is 17.3 Å². The summed E-state index contributed by atoms with van der Waals surface area (Å²) in [6.07, 6.45) is 7.32. The van der Waals surface area contributed by atoms with E-state index in [4.69, 9.17) is 9.47 Å². The smallest absolute Gasteiger partial charge is 0.163 e. The molecule has 3 rings (SSSR count). The van der Waals surface area contributed by atoms with Crippen molar-refractivity contribution in [2.75, 3.05) is 6.61 Å². The van der Waals surface area contributed by atoms with Crippen LogP contribution in [0.2, 0.25) is 0 Å². The van der Waals surface area contributed by atoms with Gasteiger partial charge in [-0.1, -0.05) is 28.8 Å². The summed E-state index contributed by atoms with van der Waals surface area (Å²) in [6.45, 7) is 2.09. The second-order valence-electron chi connectivity index (χ2n) is 6.18.